The number of piperidine rings is 1. The molecule has 2 saturated heterocycles. The summed E-state index contributed by atoms with van der Waals surface area (Å²) in [6.07, 6.45) is 2.78. The smallest absolute Gasteiger partial charge is 0.308 e. The third-order valence-electron chi connectivity index (χ3n) is 4.51. The van der Waals surface area contributed by atoms with Gasteiger partial charge in [0.25, 0.3) is 5.91 Å². The molecular weight excluding hydrogens is 288 g/mol. The van der Waals surface area contributed by atoms with E-state index in [1.807, 2.05) is 0 Å². The molecule has 0 aromatic heterocycles. The predicted molar refractivity (Wildman–Crippen MR) is 78.2 cm³/mol. The third kappa shape index (κ3) is 3.58. The largest absolute Gasteiger partial charge is 0.481 e. The summed E-state index contributed by atoms with van der Waals surface area (Å²) in [5, 5.41) is 9.07. The van der Waals surface area contributed by atoms with Crippen LogP contribution in [-0.2, 0) is 19.1 Å². The summed E-state index contributed by atoms with van der Waals surface area (Å²) in [6, 6.07) is 0. The number of carboxylic acid groups (broad SMARTS) is 1. The standard InChI is InChI=1S/C15H24N2O5/c1-15(6-4-8-22-15)14(21)16(2)10-12(18)17-7-3-5-11(9-17)13(19)20/h11H,3-10H2,1-2H3,(H,19,20). The van der Waals surface area contributed by atoms with Crippen molar-refractivity contribution in [3.8, 4) is 0 Å². The van der Waals surface area contributed by atoms with E-state index < -0.39 is 17.5 Å². The fourth-order valence-electron chi connectivity index (χ4n) is 3.13. The number of carboxylic acids is 1. The molecule has 1 N–H and O–H groups in total. The second-order valence-corrected chi connectivity index (χ2v) is 6.36. The molecule has 22 heavy (non-hydrogen) atoms. The second-order valence-electron chi connectivity index (χ2n) is 6.36. The molecule has 0 radical (unpaired) electrons. The molecule has 0 spiro atoms. The summed E-state index contributed by atoms with van der Waals surface area (Å²) in [5.74, 6) is -1.77. The maximum absolute atomic E-state index is 12.4. The molecule has 2 heterocycles. The average molecular weight is 312 g/mol. The zero-order valence-electron chi connectivity index (χ0n) is 13.2. The fourth-order valence-corrected chi connectivity index (χ4v) is 3.13. The van der Waals surface area contributed by atoms with Gasteiger partial charge in [0.05, 0.1) is 12.5 Å². The highest BCUT2D eigenvalue weighted by molar-refractivity contribution is 5.89. The summed E-state index contributed by atoms with van der Waals surface area (Å²) >= 11 is 0. The molecule has 2 atom stereocenters. The number of nitrogens with zero attached hydrogens (tertiary/aromatic N) is 2. The third-order valence-corrected chi connectivity index (χ3v) is 4.51. The van der Waals surface area contributed by atoms with Crippen LogP contribution >= 0.6 is 0 Å². The average Bonchev–Trinajstić information content (AvgIpc) is 2.94. The van der Waals surface area contributed by atoms with Crippen molar-refractivity contribution in [3.63, 3.8) is 0 Å². The molecule has 124 valence electrons. The lowest BCUT2D eigenvalue weighted by Gasteiger charge is -2.33. The van der Waals surface area contributed by atoms with E-state index in [0.717, 1.165) is 6.42 Å². The molecule has 7 nitrogen and oxygen atoms in total. The van der Waals surface area contributed by atoms with Gasteiger partial charge in [-0.15, -0.1) is 0 Å². The molecule has 7 heteroatoms. The van der Waals surface area contributed by atoms with Crippen molar-refractivity contribution >= 4 is 17.8 Å². The number of likely N-dealkylation sites (tertiary alicyclic amines) is 1. The predicted octanol–water partition coefficient (Wildman–Crippen LogP) is 0.337. The minimum Gasteiger partial charge on any atom is -0.481 e. The molecule has 0 aromatic carbocycles. The molecule has 2 aliphatic heterocycles. The molecule has 2 unspecified atom stereocenters. The summed E-state index contributed by atoms with van der Waals surface area (Å²) in [5.41, 5.74) is -0.833. The van der Waals surface area contributed by atoms with Crippen LogP contribution in [0.25, 0.3) is 0 Å². The molecule has 0 saturated carbocycles. The number of amides is 2. The molecule has 2 aliphatic rings. The monoisotopic (exact) mass is 312 g/mol. The molecule has 2 fully saturated rings. The zero-order valence-corrected chi connectivity index (χ0v) is 13.2. The van der Waals surface area contributed by atoms with Gasteiger partial charge in [-0.05, 0) is 32.6 Å². The van der Waals surface area contributed by atoms with Gasteiger partial charge in [0.1, 0.15) is 5.60 Å². The molecule has 2 amide bonds. The quantitative estimate of drug-likeness (QED) is 0.809. The van der Waals surface area contributed by atoms with Crippen LogP contribution in [0.5, 0.6) is 0 Å². The molecule has 0 bridgehead atoms. The summed E-state index contributed by atoms with van der Waals surface area (Å²) in [7, 11) is 1.59. The van der Waals surface area contributed by atoms with Gasteiger partial charge in [0.15, 0.2) is 0 Å². The van der Waals surface area contributed by atoms with Gasteiger partial charge in [-0.1, -0.05) is 0 Å². The number of ether oxygens (including phenoxy) is 1. The van der Waals surface area contributed by atoms with Crippen LogP contribution in [0.4, 0.5) is 0 Å². The van der Waals surface area contributed by atoms with Gasteiger partial charge in [0.2, 0.25) is 5.91 Å². The number of hydrogen-bond acceptors (Lipinski definition) is 4. The highest BCUT2D eigenvalue weighted by Gasteiger charge is 2.40. The lowest BCUT2D eigenvalue weighted by molar-refractivity contribution is -0.154. The normalized spacial score (nSPS) is 28.5. The van der Waals surface area contributed by atoms with Gasteiger partial charge in [-0.3, -0.25) is 14.4 Å². The van der Waals surface area contributed by atoms with Crippen LogP contribution in [0.15, 0.2) is 0 Å². The highest BCUT2D eigenvalue weighted by atomic mass is 16.5. The van der Waals surface area contributed by atoms with E-state index >= 15 is 0 Å². The summed E-state index contributed by atoms with van der Waals surface area (Å²) < 4.78 is 5.51. The topological polar surface area (TPSA) is 87.2 Å². The number of hydrogen-bond donors (Lipinski definition) is 1. The van der Waals surface area contributed by atoms with E-state index in [0.29, 0.717) is 32.4 Å². The van der Waals surface area contributed by atoms with Crippen LogP contribution in [0, 0.1) is 5.92 Å². The maximum atomic E-state index is 12.4. The van der Waals surface area contributed by atoms with Crippen LogP contribution in [0.1, 0.15) is 32.6 Å². The Morgan fingerprint density at radius 3 is 2.68 bits per heavy atom. The Labute approximate surface area is 130 Å². The molecule has 2 rings (SSSR count). The summed E-state index contributed by atoms with van der Waals surface area (Å²) in [6.45, 7) is 3.06. The first-order valence-electron chi connectivity index (χ1n) is 7.73. The Bertz CT molecular complexity index is 459. The van der Waals surface area contributed by atoms with Crippen molar-refractivity contribution < 1.29 is 24.2 Å². The van der Waals surface area contributed by atoms with Crippen LogP contribution < -0.4 is 0 Å². The molecule has 0 aliphatic carbocycles. The van der Waals surface area contributed by atoms with E-state index in [2.05, 4.69) is 0 Å². The minimum atomic E-state index is -0.867. The summed E-state index contributed by atoms with van der Waals surface area (Å²) in [4.78, 5) is 38.7. The number of likely N-dealkylation sites (N-methyl/N-ethyl adjacent to an activating group) is 1. The first-order chi connectivity index (χ1) is 10.3. The fraction of sp³-hybridized carbons (Fsp3) is 0.800. The Morgan fingerprint density at radius 2 is 2.09 bits per heavy atom. The lowest BCUT2D eigenvalue weighted by Crippen LogP contribution is -2.51. The van der Waals surface area contributed by atoms with Crippen molar-refractivity contribution in [2.24, 2.45) is 5.92 Å². The van der Waals surface area contributed by atoms with Crippen molar-refractivity contribution in [1.29, 1.82) is 0 Å². The SMILES string of the molecule is CN(CC(=O)N1CCCC(C(=O)O)C1)C(=O)C1(C)CCCO1. The van der Waals surface area contributed by atoms with Gasteiger partial charge in [-0.2, -0.15) is 0 Å². The number of carbonyl (C=O) groups is 3. The van der Waals surface area contributed by atoms with E-state index in [-0.39, 0.29) is 24.9 Å². The second kappa shape index (κ2) is 6.64. The zero-order chi connectivity index (χ0) is 16.3. The Hall–Kier alpha value is -1.63. The Morgan fingerprint density at radius 1 is 1.36 bits per heavy atom. The minimum absolute atomic E-state index is 0.0376. The van der Waals surface area contributed by atoms with Crippen molar-refractivity contribution in [2.75, 3.05) is 33.3 Å². The number of carbonyl (C=O) groups excluding carboxylic acids is 2. The van der Waals surface area contributed by atoms with Crippen molar-refractivity contribution in [2.45, 2.75) is 38.2 Å². The van der Waals surface area contributed by atoms with E-state index in [1.165, 1.54) is 4.90 Å². The number of aliphatic carboxylic acids is 1. The maximum Gasteiger partial charge on any atom is 0.308 e. The van der Waals surface area contributed by atoms with E-state index in [1.54, 1.807) is 18.9 Å². The van der Waals surface area contributed by atoms with Gasteiger partial charge >= 0.3 is 5.97 Å². The Balaban J connectivity index is 1.90. The van der Waals surface area contributed by atoms with E-state index in [9.17, 15) is 14.4 Å². The van der Waals surface area contributed by atoms with Gasteiger partial charge in [-0.25, -0.2) is 0 Å². The first kappa shape index (κ1) is 16.7. The number of rotatable bonds is 4. The highest BCUT2D eigenvalue weighted by Crippen LogP contribution is 2.27. The molecule has 0 aromatic rings. The van der Waals surface area contributed by atoms with Crippen LogP contribution in [0.2, 0.25) is 0 Å². The van der Waals surface area contributed by atoms with Crippen molar-refractivity contribution in [1.82, 2.24) is 9.80 Å². The lowest BCUT2D eigenvalue weighted by atomic mass is 9.98. The Kier molecular flexibility index (Phi) is 5.05. The molecular formula is C15H24N2O5. The first-order valence-corrected chi connectivity index (χ1v) is 7.73. The van der Waals surface area contributed by atoms with Gasteiger partial charge in [0, 0.05) is 26.7 Å². The van der Waals surface area contributed by atoms with Crippen LogP contribution in [-0.4, -0.2) is 71.6 Å². The van der Waals surface area contributed by atoms with Crippen molar-refractivity contribution in [3.05, 3.63) is 0 Å². The van der Waals surface area contributed by atoms with E-state index in [4.69, 9.17) is 9.84 Å². The van der Waals surface area contributed by atoms with Crippen LogP contribution in [0.3, 0.4) is 0 Å². The van der Waals surface area contributed by atoms with Gasteiger partial charge < -0.3 is 19.6 Å².